The smallest absolute Gasteiger partial charge is 0.416 e. The topological polar surface area (TPSA) is 93.2 Å². The molecule has 2 heterocycles. The molecule has 0 aromatic heterocycles. The van der Waals surface area contributed by atoms with E-state index in [9.17, 15) is 31.2 Å². The molecule has 0 saturated carbocycles. The van der Waals surface area contributed by atoms with Crippen molar-refractivity contribution in [2.75, 3.05) is 23.9 Å². The van der Waals surface area contributed by atoms with E-state index in [0.29, 0.717) is 24.7 Å². The first-order valence-corrected chi connectivity index (χ1v) is 13.6. The van der Waals surface area contributed by atoms with E-state index in [2.05, 4.69) is 0 Å². The number of fused-ring (bicyclic) bond motifs is 1. The molecule has 0 N–H and O–H groups in total. The summed E-state index contributed by atoms with van der Waals surface area (Å²) >= 11 is 0. The normalized spacial score (nSPS) is 17.8. The second-order valence-corrected chi connectivity index (χ2v) is 12.2. The van der Waals surface area contributed by atoms with Gasteiger partial charge in [-0.05, 0) is 63.1 Å². The third kappa shape index (κ3) is 6.23. The van der Waals surface area contributed by atoms with Crippen molar-refractivity contribution in [1.29, 1.82) is 0 Å². The molecule has 38 heavy (non-hydrogen) atoms. The van der Waals surface area contributed by atoms with Crippen molar-refractivity contribution in [3.8, 4) is 5.75 Å². The third-order valence-corrected chi connectivity index (χ3v) is 7.86. The monoisotopic (exact) mass is 554 g/mol. The highest BCUT2D eigenvalue weighted by molar-refractivity contribution is 7.92. The molecule has 0 aliphatic carbocycles. The fraction of sp³-hybridized carbons (Fsp3) is 0.462. The van der Waals surface area contributed by atoms with Crippen LogP contribution < -0.4 is 9.04 Å². The van der Waals surface area contributed by atoms with Crippen LogP contribution in [0, 0.1) is 0 Å². The van der Waals surface area contributed by atoms with Gasteiger partial charge in [-0.2, -0.15) is 13.2 Å². The van der Waals surface area contributed by atoms with Crippen molar-refractivity contribution in [2.24, 2.45) is 0 Å². The first kappa shape index (κ1) is 27.7. The third-order valence-electron chi connectivity index (χ3n) is 6.08. The van der Waals surface area contributed by atoms with E-state index in [0.717, 1.165) is 28.9 Å². The van der Waals surface area contributed by atoms with Crippen molar-refractivity contribution >= 4 is 27.6 Å². The maximum atomic E-state index is 13.7. The van der Waals surface area contributed by atoms with Crippen LogP contribution in [-0.4, -0.2) is 56.5 Å². The molecule has 2 aliphatic heterocycles. The molecule has 0 spiro atoms. The second kappa shape index (κ2) is 10.1. The molecule has 8 nitrogen and oxygen atoms in total. The highest BCUT2D eigenvalue weighted by atomic mass is 32.2. The highest BCUT2D eigenvalue weighted by Crippen LogP contribution is 2.39. The quantitative estimate of drug-likeness (QED) is 0.498. The summed E-state index contributed by atoms with van der Waals surface area (Å²) in [6, 6.07) is 8.00. The number of benzene rings is 2. The SMILES string of the molecule is CC(C)(C)OC(=O)Cc1ccc2c(c1)N(S(=O)(=O)c1cccc(C(F)(F)F)c1)C[C@H](CC(=O)N1CCC1)O2. The molecule has 206 valence electrons. The van der Waals surface area contributed by atoms with Gasteiger partial charge in [-0.3, -0.25) is 13.9 Å². The number of rotatable bonds is 6. The Balaban J connectivity index is 1.70. The maximum absolute atomic E-state index is 13.7. The molecule has 0 bridgehead atoms. The van der Waals surface area contributed by atoms with E-state index in [4.69, 9.17) is 9.47 Å². The summed E-state index contributed by atoms with van der Waals surface area (Å²) in [7, 11) is -4.50. The van der Waals surface area contributed by atoms with Gasteiger partial charge in [0.2, 0.25) is 5.91 Å². The van der Waals surface area contributed by atoms with E-state index in [-0.39, 0.29) is 36.7 Å². The van der Waals surface area contributed by atoms with Gasteiger partial charge in [0.1, 0.15) is 17.5 Å². The van der Waals surface area contributed by atoms with Crippen molar-refractivity contribution < 1.29 is 40.7 Å². The predicted octanol–water partition coefficient (Wildman–Crippen LogP) is 4.17. The summed E-state index contributed by atoms with van der Waals surface area (Å²) in [5.41, 5.74) is -1.32. The average molecular weight is 555 g/mol. The first-order valence-electron chi connectivity index (χ1n) is 12.1. The van der Waals surface area contributed by atoms with Crippen LogP contribution in [0.4, 0.5) is 18.9 Å². The van der Waals surface area contributed by atoms with Crippen LogP contribution in [-0.2, 0) is 36.9 Å². The van der Waals surface area contributed by atoms with Crippen LogP contribution in [0.25, 0.3) is 0 Å². The number of anilines is 1. The summed E-state index contributed by atoms with van der Waals surface area (Å²) in [4.78, 5) is 26.0. The van der Waals surface area contributed by atoms with Gasteiger partial charge in [-0.25, -0.2) is 8.42 Å². The number of hydrogen-bond donors (Lipinski definition) is 0. The Morgan fingerprint density at radius 2 is 1.79 bits per heavy atom. The number of hydrogen-bond acceptors (Lipinski definition) is 6. The molecule has 2 aromatic carbocycles. The minimum Gasteiger partial charge on any atom is -0.486 e. The highest BCUT2D eigenvalue weighted by Gasteiger charge is 2.38. The van der Waals surface area contributed by atoms with Crippen molar-refractivity contribution in [3.05, 3.63) is 53.6 Å². The van der Waals surface area contributed by atoms with E-state index in [1.165, 1.54) is 12.1 Å². The van der Waals surface area contributed by atoms with Crippen LogP contribution in [0.2, 0.25) is 0 Å². The average Bonchev–Trinajstić information content (AvgIpc) is 2.75. The Kier molecular flexibility index (Phi) is 7.39. The molecule has 1 fully saturated rings. The molecular formula is C26H29F3N2O6S. The zero-order chi connectivity index (χ0) is 27.9. The molecule has 0 radical (unpaired) electrons. The molecule has 2 aromatic rings. The van der Waals surface area contributed by atoms with Gasteiger partial charge >= 0.3 is 12.1 Å². The van der Waals surface area contributed by atoms with Gasteiger partial charge in [0.25, 0.3) is 10.0 Å². The zero-order valence-electron chi connectivity index (χ0n) is 21.2. The number of sulfonamides is 1. The summed E-state index contributed by atoms with van der Waals surface area (Å²) in [5, 5.41) is 0. The Morgan fingerprint density at radius 3 is 2.39 bits per heavy atom. The molecule has 1 saturated heterocycles. The lowest BCUT2D eigenvalue weighted by atomic mass is 10.1. The van der Waals surface area contributed by atoms with Crippen LogP contribution in [0.15, 0.2) is 47.4 Å². The molecule has 12 heteroatoms. The van der Waals surface area contributed by atoms with E-state index in [1.807, 2.05) is 0 Å². The van der Waals surface area contributed by atoms with Gasteiger partial charge in [0.05, 0.1) is 35.5 Å². The zero-order valence-corrected chi connectivity index (χ0v) is 22.1. The number of esters is 1. The number of carbonyl (C=O) groups is 2. The summed E-state index contributed by atoms with van der Waals surface area (Å²) in [6.45, 7) is 6.09. The molecule has 1 amide bonds. The van der Waals surface area contributed by atoms with Crippen LogP contribution in [0.1, 0.15) is 44.7 Å². The second-order valence-electron chi connectivity index (χ2n) is 10.3. The minimum absolute atomic E-state index is 0.0659. The lowest BCUT2D eigenvalue weighted by molar-refractivity contribution is -0.154. The summed E-state index contributed by atoms with van der Waals surface area (Å²) in [5.74, 6) is -0.580. The molecule has 0 unspecified atom stereocenters. The Bertz CT molecular complexity index is 1330. The minimum atomic E-state index is -4.73. The number of amides is 1. The van der Waals surface area contributed by atoms with Gasteiger partial charge < -0.3 is 14.4 Å². The fourth-order valence-electron chi connectivity index (χ4n) is 4.20. The largest absolute Gasteiger partial charge is 0.486 e. The lowest BCUT2D eigenvalue weighted by Gasteiger charge is -2.37. The van der Waals surface area contributed by atoms with E-state index < -0.39 is 44.3 Å². The van der Waals surface area contributed by atoms with E-state index >= 15 is 0 Å². The number of halogens is 3. The Hall–Kier alpha value is -3.28. The molecule has 2 aliphatic rings. The van der Waals surface area contributed by atoms with Crippen molar-refractivity contribution in [3.63, 3.8) is 0 Å². The van der Waals surface area contributed by atoms with Gasteiger partial charge in [0, 0.05) is 13.1 Å². The van der Waals surface area contributed by atoms with E-state index in [1.54, 1.807) is 31.7 Å². The standard InChI is InChI=1S/C26H29F3N2O6S/c1-25(2,3)37-24(33)13-17-8-9-22-21(12-17)31(16-19(36-22)15-23(32)30-10-5-11-30)38(34,35)20-7-4-6-18(14-20)26(27,28)29/h4,6-9,12,14,19H,5,10-11,13,15-16H2,1-3H3/t19-/m0/s1. The number of alkyl halides is 3. The number of nitrogens with zero attached hydrogens (tertiary/aromatic N) is 2. The fourth-order valence-corrected chi connectivity index (χ4v) is 5.74. The predicted molar refractivity (Wildman–Crippen MR) is 132 cm³/mol. The maximum Gasteiger partial charge on any atom is 0.416 e. The summed E-state index contributed by atoms with van der Waals surface area (Å²) < 4.78 is 79.6. The van der Waals surface area contributed by atoms with Crippen molar-refractivity contribution in [2.45, 2.75) is 62.8 Å². The number of carbonyl (C=O) groups excluding carboxylic acids is 2. The van der Waals surface area contributed by atoms with Crippen LogP contribution in [0.3, 0.4) is 0 Å². The Labute approximate surface area is 219 Å². The lowest BCUT2D eigenvalue weighted by Crippen LogP contribution is -2.48. The van der Waals surface area contributed by atoms with Crippen LogP contribution >= 0.6 is 0 Å². The van der Waals surface area contributed by atoms with Gasteiger partial charge in [-0.1, -0.05) is 12.1 Å². The van der Waals surface area contributed by atoms with Crippen molar-refractivity contribution in [1.82, 2.24) is 4.90 Å². The molecular weight excluding hydrogens is 525 g/mol. The molecule has 4 rings (SSSR count). The first-order chi connectivity index (χ1) is 17.6. The Morgan fingerprint density at radius 1 is 1.08 bits per heavy atom. The number of likely N-dealkylation sites (tertiary alicyclic amines) is 1. The van der Waals surface area contributed by atoms with Crippen LogP contribution in [0.5, 0.6) is 5.75 Å². The van der Waals surface area contributed by atoms with Gasteiger partial charge in [-0.15, -0.1) is 0 Å². The number of ether oxygens (including phenoxy) is 2. The summed E-state index contributed by atoms with van der Waals surface area (Å²) in [6.07, 6.45) is -4.95. The molecule has 1 atom stereocenters. The van der Waals surface area contributed by atoms with Gasteiger partial charge in [0.15, 0.2) is 0 Å².